The number of methoxy groups -OCH3 is 1. The van der Waals surface area contributed by atoms with Crippen molar-refractivity contribution < 1.29 is 29.2 Å². The molecule has 0 aromatic heterocycles. The zero-order valence-electron chi connectivity index (χ0n) is 11.8. The number of carbonyl (C=O) groups is 3. The number of rotatable bonds is 4. The van der Waals surface area contributed by atoms with E-state index in [1.165, 1.54) is 12.1 Å². The largest absolute Gasteiger partial charge is 0.502 e. The van der Waals surface area contributed by atoms with Crippen molar-refractivity contribution in [2.24, 2.45) is 0 Å². The first-order valence-electron chi connectivity index (χ1n) is 6.23. The Morgan fingerprint density at radius 3 is 2.78 bits per heavy atom. The molecule has 23 heavy (non-hydrogen) atoms. The molecule has 3 amide bonds. The molecule has 1 saturated heterocycles. The van der Waals surface area contributed by atoms with Crippen molar-refractivity contribution in [1.29, 1.82) is 0 Å². The van der Waals surface area contributed by atoms with Gasteiger partial charge in [0.15, 0.2) is 0 Å². The lowest BCUT2D eigenvalue weighted by Gasteiger charge is -2.09. The minimum Gasteiger partial charge on any atom is -0.502 e. The first-order valence-corrected chi connectivity index (χ1v) is 6.23. The van der Waals surface area contributed by atoms with Crippen LogP contribution in [-0.2, 0) is 14.3 Å². The Morgan fingerprint density at radius 2 is 2.17 bits per heavy atom. The minimum absolute atomic E-state index is 0.0252. The van der Waals surface area contributed by atoms with E-state index in [0.717, 1.165) is 19.3 Å². The number of nitro benzene ring substituents is 1. The van der Waals surface area contributed by atoms with Gasteiger partial charge in [0.25, 0.3) is 5.91 Å². The maximum Gasteiger partial charge on any atom is 0.329 e. The van der Waals surface area contributed by atoms with E-state index in [1.807, 2.05) is 0 Å². The van der Waals surface area contributed by atoms with E-state index in [2.05, 4.69) is 10.1 Å². The summed E-state index contributed by atoms with van der Waals surface area (Å²) in [6.45, 7) is -0.570. The maximum absolute atomic E-state index is 12.1. The molecule has 0 saturated carbocycles. The molecule has 2 rings (SSSR count). The highest BCUT2D eigenvalue weighted by Crippen LogP contribution is 2.31. The number of para-hydroxylation sites is 1. The molecule has 0 radical (unpaired) electrons. The smallest absolute Gasteiger partial charge is 0.329 e. The Balaban J connectivity index is 2.33. The predicted octanol–water partition coefficient (Wildman–Crippen LogP) is 0.366. The average molecular weight is 321 g/mol. The van der Waals surface area contributed by atoms with E-state index in [4.69, 9.17) is 0 Å². The number of nitro groups is 1. The van der Waals surface area contributed by atoms with Crippen LogP contribution in [0, 0.1) is 10.1 Å². The lowest BCUT2D eigenvalue weighted by Crippen LogP contribution is -2.36. The van der Waals surface area contributed by atoms with Gasteiger partial charge in [-0.1, -0.05) is 12.1 Å². The molecule has 1 fully saturated rings. The lowest BCUT2D eigenvalue weighted by atomic mass is 10.1. The molecule has 1 aliphatic rings. The van der Waals surface area contributed by atoms with Gasteiger partial charge in [0, 0.05) is 11.6 Å². The first kappa shape index (κ1) is 15.9. The van der Waals surface area contributed by atoms with Crippen LogP contribution >= 0.6 is 0 Å². The lowest BCUT2D eigenvalue weighted by molar-refractivity contribution is -0.385. The quantitative estimate of drug-likeness (QED) is 0.268. The van der Waals surface area contributed by atoms with Gasteiger partial charge in [0.1, 0.15) is 12.2 Å². The SMILES string of the molecule is COC(=O)CN1C(=O)N/C(=C/c2cccc([N+](=O)[O-])c2O)C1=O. The van der Waals surface area contributed by atoms with Crippen LogP contribution in [0.3, 0.4) is 0 Å². The second-order valence-electron chi connectivity index (χ2n) is 4.43. The van der Waals surface area contributed by atoms with Crippen LogP contribution in [0.1, 0.15) is 5.56 Å². The van der Waals surface area contributed by atoms with Gasteiger partial charge in [-0.15, -0.1) is 0 Å². The zero-order valence-corrected chi connectivity index (χ0v) is 11.8. The van der Waals surface area contributed by atoms with Crippen LogP contribution in [-0.4, -0.2) is 46.5 Å². The molecule has 0 atom stereocenters. The number of nitrogens with one attached hydrogen (secondary N) is 1. The molecule has 1 aromatic rings. The number of nitrogens with zero attached hydrogens (tertiary/aromatic N) is 2. The monoisotopic (exact) mass is 321 g/mol. The Morgan fingerprint density at radius 1 is 1.48 bits per heavy atom. The number of phenols is 1. The van der Waals surface area contributed by atoms with Gasteiger partial charge in [-0.3, -0.25) is 19.7 Å². The summed E-state index contributed by atoms with van der Waals surface area (Å²) in [5.41, 5.74) is -0.792. The molecule has 10 heteroatoms. The highest BCUT2D eigenvalue weighted by Gasteiger charge is 2.35. The van der Waals surface area contributed by atoms with Gasteiger partial charge in [-0.25, -0.2) is 9.69 Å². The third kappa shape index (κ3) is 3.10. The van der Waals surface area contributed by atoms with Crippen LogP contribution < -0.4 is 5.32 Å². The number of hydrogen-bond donors (Lipinski definition) is 2. The summed E-state index contributed by atoms with van der Waals surface area (Å²) in [6, 6.07) is 2.90. The fourth-order valence-electron chi connectivity index (χ4n) is 1.88. The fraction of sp³-hybridized carbons (Fsp3) is 0.154. The summed E-state index contributed by atoms with van der Waals surface area (Å²) in [6.07, 6.45) is 1.08. The molecule has 10 nitrogen and oxygen atoms in total. The molecule has 0 aliphatic carbocycles. The number of urea groups is 1. The highest BCUT2D eigenvalue weighted by molar-refractivity contribution is 6.15. The third-order valence-corrected chi connectivity index (χ3v) is 3.02. The second kappa shape index (κ2) is 6.13. The molecular formula is C13H11N3O7. The number of aromatic hydroxyl groups is 1. The number of hydrogen-bond acceptors (Lipinski definition) is 7. The topological polar surface area (TPSA) is 139 Å². The fourth-order valence-corrected chi connectivity index (χ4v) is 1.88. The molecule has 120 valence electrons. The van der Waals surface area contributed by atoms with Crippen molar-refractivity contribution in [3.63, 3.8) is 0 Å². The number of amides is 3. The number of ether oxygens (including phenoxy) is 1. The van der Waals surface area contributed by atoms with Gasteiger partial charge < -0.3 is 15.2 Å². The van der Waals surface area contributed by atoms with Crippen molar-refractivity contribution in [2.45, 2.75) is 0 Å². The molecule has 1 aliphatic heterocycles. The zero-order chi connectivity index (χ0) is 17.1. The first-order chi connectivity index (χ1) is 10.8. The van der Waals surface area contributed by atoms with Crippen molar-refractivity contribution >= 4 is 29.7 Å². The van der Waals surface area contributed by atoms with Crippen molar-refractivity contribution in [3.8, 4) is 5.75 Å². The van der Waals surface area contributed by atoms with Crippen LogP contribution in [0.25, 0.3) is 6.08 Å². The Labute approximate surface area is 129 Å². The van der Waals surface area contributed by atoms with E-state index in [-0.39, 0.29) is 11.3 Å². The van der Waals surface area contributed by atoms with Gasteiger partial charge in [0.05, 0.1) is 12.0 Å². The van der Waals surface area contributed by atoms with E-state index >= 15 is 0 Å². The van der Waals surface area contributed by atoms with Crippen molar-refractivity contribution in [3.05, 3.63) is 39.6 Å². The van der Waals surface area contributed by atoms with Gasteiger partial charge in [-0.2, -0.15) is 0 Å². The molecular weight excluding hydrogens is 310 g/mol. The minimum atomic E-state index is -0.837. The standard InChI is InChI=1S/C13H11N3O7/c1-23-10(17)6-15-12(19)8(14-13(15)20)5-7-3-2-4-9(11(7)18)16(21)22/h2-5,18H,6H2,1H3,(H,14,20)/b8-5+. The second-order valence-corrected chi connectivity index (χ2v) is 4.43. The number of imide groups is 1. The summed E-state index contributed by atoms with van der Waals surface area (Å²) in [7, 11) is 1.11. The van der Waals surface area contributed by atoms with E-state index in [0.29, 0.717) is 4.90 Å². The number of carbonyl (C=O) groups excluding carboxylic acids is 3. The van der Waals surface area contributed by atoms with Crippen LogP contribution in [0.15, 0.2) is 23.9 Å². The molecule has 0 spiro atoms. The molecule has 1 aromatic carbocycles. The molecule has 1 heterocycles. The van der Waals surface area contributed by atoms with E-state index < -0.39 is 40.8 Å². The maximum atomic E-state index is 12.1. The summed E-state index contributed by atoms with van der Waals surface area (Å²) >= 11 is 0. The molecule has 2 N–H and O–H groups in total. The molecule has 0 bridgehead atoms. The normalized spacial score (nSPS) is 15.7. The number of benzene rings is 1. The van der Waals surface area contributed by atoms with Gasteiger partial charge in [0.2, 0.25) is 5.75 Å². The third-order valence-electron chi connectivity index (χ3n) is 3.02. The van der Waals surface area contributed by atoms with Crippen molar-refractivity contribution in [1.82, 2.24) is 10.2 Å². The summed E-state index contributed by atoms with van der Waals surface area (Å²) in [5, 5.41) is 22.8. The number of phenolic OH excluding ortho intramolecular Hbond substituents is 1. The highest BCUT2D eigenvalue weighted by atomic mass is 16.6. The van der Waals surface area contributed by atoms with Gasteiger partial charge in [-0.05, 0) is 6.08 Å². The van der Waals surface area contributed by atoms with E-state index in [1.54, 1.807) is 0 Å². The Bertz CT molecular complexity index is 741. The average Bonchev–Trinajstić information content (AvgIpc) is 2.76. The van der Waals surface area contributed by atoms with E-state index in [9.17, 15) is 29.6 Å². The van der Waals surface area contributed by atoms with Crippen molar-refractivity contribution in [2.75, 3.05) is 13.7 Å². The van der Waals surface area contributed by atoms with Gasteiger partial charge >= 0.3 is 17.7 Å². The summed E-state index contributed by atoms with van der Waals surface area (Å²) in [4.78, 5) is 45.5. The predicted molar refractivity (Wildman–Crippen MR) is 75.0 cm³/mol. The number of esters is 1. The van der Waals surface area contributed by atoms with Crippen LogP contribution in [0.5, 0.6) is 5.75 Å². The summed E-state index contributed by atoms with van der Waals surface area (Å²) in [5.74, 6) is -2.24. The summed E-state index contributed by atoms with van der Waals surface area (Å²) < 4.78 is 4.38. The Kier molecular flexibility index (Phi) is 4.25. The molecule has 0 unspecified atom stereocenters. The van der Waals surface area contributed by atoms with Crippen LogP contribution in [0.4, 0.5) is 10.5 Å². The van der Waals surface area contributed by atoms with Crippen LogP contribution in [0.2, 0.25) is 0 Å². The Hall–Kier alpha value is -3.43.